The summed E-state index contributed by atoms with van der Waals surface area (Å²) in [5.74, 6) is 4.92. The SMILES string of the molecule is CC(C)=CCCCC(C)C1CCC2C3CC=C4C(C)(C)C(OC(=O)/C=C/c5ccc(OCOc6cc(N)cc(N)c6)cc5)CCC4(C)C3CCC12C. The Hall–Kier alpha value is -3.67. The van der Waals surface area contributed by atoms with Gasteiger partial charge in [-0.05, 0) is 142 Å². The first-order chi connectivity index (χ1) is 24.7. The van der Waals surface area contributed by atoms with E-state index in [1.165, 1.54) is 56.9 Å². The molecule has 8 unspecified atom stereocenters. The summed E-state index contributed by atoms with van der Waals surface area (Å²) in [6.07, 6.45) is 20.9. The van der Waals surface area contributed by atoms with Crippen molar-refractivity contribution in [1.29, 1.82) is 0 Å². The van der Waals surface area contributed by atoms with Gasteiger partial charge in [-0.2, -0.15) is 0 Å². The van der Waals surface area contributed by atoms with Gasteiger partial charge in [-0.3, -0.25) is 0 Å². The fourth-order valence-corrected chi connectivity index (χ4v) is 11.5. The van der Waals surface area contributed by atoms with Crippen molar-refractivity contribution in [1.82, 2.24) is 0 Å². The summed E-state index contributed by atoms with van der Waals surface area (Å²) in [5, 5.41) is 0. The molecule has 0 bridgehead atoms. The second-order valence-corrected chi connectivity index (χ2v) is 17.9. The quantitative estimate of drug-likeness (QED) is 0.0569. The van der Waals surface area contributed by atoms with Crippen molar-refractivity contribution in [2.45, 2.75) is 119 Å². The second-order valence-electron chi connectivity index (χ2n) is 17.9. The summed E-state index contributed by atoms with van der Waals surface area (Å²) in [4.78, 5) is 13.2. The molecule has 3 saturated carbocycles. The zero-order valence-electron chi connectivity index (χ0n) is 32.9. The molecule has 0 spiro atoms. The van der Waals surface area contributed by atoms with E-state index in [0.717, 1.165) is 48.0 Å². The van der Waals surface area contributed by atoms with Gasteiger partial charge in [0, 0.05) is 35.0 Å². The molecule has 0 radical (unpaired) electrons. The molecule has 3 fully saturated rings. The molecule has 2 aromatic rings. The first kappa shape index (κ1) is 38.1. The normalized spacial score (nSPS) is 31.1. The molecule has 0 aliphatic heterocycles. The predicted molar refractivity (Wildman–Crippen MR) is 214 cm³/mol. The minimum atomic E-state index is -0.286. The number of fused-ring (bicyclic) bond motifs is 5. The Labute approximate surface area is 313 Å². The summed E-state index contributed by atoms with van der Waals surface area (Å²) in [5.41, 5.74) is 17.1. The van der Waals surface area contributed by atoms with Crippen molar-refractivity contribution in [3.8, 4) is 11.5 Å². The van der Waals surface area contributed by atoms with E-state index in [1.54, 1.807) is 35.9 Å². The maximum absolute atomic E-state index is 13.2. The van der Waals surface area contributed by atoms with Crippen LogP contribution >= 0.6 is 0 Å². The molecule has 6 heteroatoms. The van der Waals surface area contributed by atoms with Gasteiger partial charge in [0.05, 0.1) is 0 Å². The number of carbonyl (C=O) groups is 1. The number of nitrogen functional groups attached to an aromatic ring is 2. The zero-order valence-corrected chi connectivity index (χ0v) is 32.9. The molecule has 282 valence electrons. The molecule has 0 heterocycles. The fraction of sp³-hybridized carbons (Fsp3) is 0.587. The molecule has 4 aliphatic rings. The number of carbonyl (C=O) groups excluding carboxylic acids is 1. The Kier molecular flexibility index (Phi) is 11.2. The zero-order chi connectivity index (χ0) is 37.3. The molecule has 52 heavy (non-hydrogen) atoms. The predicted octanol–water partition coefficient (Wildman–Crippen LogP) is 11.2. The van der Waals surface area contributed by atoms with Crippen LogP contribution in [0.25, 0.3) is 6.08 Å². The van der Waals surface area contributed by atoms with Crippen LogP contribution in [0.1, 0.15) is 118 Å². The van der Waals surface area contributed by atoms with Gasteiger partial charge in [0.15, 0.2) is 0 Å². The number of hydrogen-bond donors (Lipinski definition) is 2. The first-order valence-corrected chi connectivity index (χ1v) is 20.0. The molecule has 0 amide bonds. The largest absolute Gasteiger partial charge is 0.458 e. The highest BCUT2D eigenvalue weighted by Gasteiger charge is 2.61. The number of benzene rings is 2. The minimum absolute atomic E-state index is 0.0233. The molecule has 8 atom stereocenters. The fourth-order valence-electron chi connectivity index (χ4n) is 11.5. The standard InChI is InChI=1S/C46H64N2O4/c1-30(2)10-8-9-11-31(3)38-18-19-39-37-17-20-41-44(4,5)42(23-25-46(41,7)40(37)22-24-45(38,39)6)52-43(49)21-14-32-12-15-35(16-13-32)50-29-51-36-27-33(47)26-34(48)28-36/h10,12-16,20-21,26-28,31,37-40,42H,8-9,11,17-19,22-25,29,47-48H2,1-7H3/b21-14+. The molecule has 4 aliphatic carbocycles. The lowest BCUT2D eigenvalue weighted by Crippen LogP contribution is -2.55. The highest BCUT2D eigenvalue weighted by atomic mass is 16.7. The molecule has 4 N–H and O–H groups in total. The van der Waals surface area contributed by atoms with Crippen molar-refractivity contribution < 1.29 is 19.0 Å². The Morgan fingerprint density at radius 2 is 1.62 bits per heavy atom. The lowest BCUT2D eigenvalue weighted by molar-refractivity contribution is -0.153. The number of hydrogen-bond acceptors (Lipinski definition) is 6. The average Bonchev–Trinajstić information content (AvgIpc) is 3.44. The first-order valence-electron chi connectivity index (χ1n) is 20.0. The van der Waals surface area contributed by atoms with Crippen molar-refractivity contribution in [2.75, 3.05) is 18.3 Å². The summed E-state index contributed by atoms with van der Waals surface area (Å²) in [6, 6.07) is 12.6. The van der Waals surface area contributed by atoms with E-state index in [2.05, 4.69) is 60.6 Å². The van der Waals surface area contributed by atoms with Crippen LogP contribution in [0.4, 0.5) is 11.4 Å². The summed E-state index contributed by atoms with van der Waals surface area (Å²) in [7, 11) is 0. The van der Waals surface area contributed by atoms with Gasteiger partial charge in [-0.25, -0.2) is 4.79 Å². The number of ether oxygens (including phenoxy) is 3. The molecular formula is C46H64N2O4. The Morgan fingerprint density at radius 1 is 0.904 bits per heavy atom. The van der Waals surface area contributed by atoms with Crippen LogP contribution in [0.3, 0.4) is 0 Å². The smallest absolute Gasteiger partial charge is 0.331 e. The van der Waals surface area contributed by atoms with Gasteiger partial charge >= 0.3 is 5.97 Å². The van der Waals surface area contributed by atoms with Gasteiger partial charge in [0.25, 0.3) is 0 Å². The third-order valence-corrected chi connectivity index (χ3v) is 14.0. The van der Waals surface area contributed by atoms with E-state index < -0.39 is 0 Å². The molecule has 0 saturated heterocycles. The van der Waals surface area contributed by atoms with Crippen LogP contribution in [0.15, 0.2) is 71.8 Å². The average molecular weight is 709 g/mol. The third-order valence-electron chi connectivity index (χ3n) is 14.0. The molecular weight excluding hydrogens is 645 g/mol. The molecule has 6 rings (SSSR count). The van der Waals surface area contributed by atoms with E-state index in [0.29, 0.717) is 28.3 Å². The number of unbranched alkanes of at least 4 members (excludes halogenated alkanes) is 1. The minimum Gasteiger partial charge on any atom is -0.458 e. The number of rotatable bonds is 12. The van der Waals surface area contributed by atoms with Gasteiger partial charge in [-0.1, -0.05) is 76.5 Å². The number of allylic oxidation sites excluding steroid dienone is 3. The van der Waals surface area contributed by atoms with Gasteiger partial charge in [0.1, 0.15) is 17.6 Å². The lowest BCUT2D eigenvalue weighted by atomic mass is 9.44. The topological polar surface area (TPSA) is 96.8 Å². The van der Waals surface area contributed by atoms with E-state index in [-0.39, 0.29) is 29.7 Å². The highest BCUT2D eigenvalue weighted by Crippen LogP contribution is 2.69. The van der Waals surface area contributed by atoms with Crippen LogP contribution < -0.4 is 20.9 Å². The van der Waals surface area contributed by atoms with Crippen LogP contribution in [0, 0.1) is 45.8 Å². The van der Waals surface area contributed by atoms with Gasteiger partial charge in [0.2, 0.25) is 6.79 Å². The van der Waals surface area contributed by atoms with Crippen molar-refractivity contribution in [2.24, 2.45) is 45.8 Å². The maximum Gasteiger partial charge on any atom is 0.331 e. The van der Waals surface area contributed by atoms with Crippen LogP contribution in [-0.2, 0) is 9.53 Å². The summed E-state index contributed by atoms with van der Waals surface area (Å²) in [6.45, 7) is 16.9. The van der Waals surface area contributed by atoms with Gasteiger partial charge in [-0.15, -0.1) is 0 Å². The maximum atomic E-state index is 13.2. The van der Waals surface area contributed by atoms with Crippen LogP contribution in [-0.4, -0.2) is 18.9 Å². The van der Waals surface area contributed by atoms with Crippen molar-refractivity contribution in [3.05, 3.63) is 77.4 Å². The Balaban J connectivity index is 1.04. The van der Waals surface area contributed by atoms with E-state index in [1.807, 2.05) is 24.3 Å². The monoisotopic (exact) mass is 708 g/mol. The third kappa shape index (κ3) is 7.82. The van der Waals surface area contributed by atoms with Crippen molar-refractivity contribution >= 4 is 23.4 Å². The number of esters is 1. The summed E-state index contributed by atoms with van der Waals surface area (Å²) < 4.78 is 17.6. The Morgan fingerprint density at radius 3 is 2.33 bits per heavy atom. The number of anilines is 2. The highest BCUT2D eigenvalue weighted by molar-refractivity contribution is 5.87. The summed E-state index contributed by atoms with van der Waals surface area (Å²) >= 11 is 0. The van der Waals surface area contributed by atoms with E-state index in [9.17, 15) is 4.79 Å². The van der Waals surface area contributed by atoms with Gasteiger partial charge < -0.3 is 25.7 Å². The number of nitrogens with two attached hydrogens (primary N) is 2. The van der Waals surface area contributed by atoms with E-state index >= 15 is 0 Å². The van der Waals surface area contributed by atoms with Crippen LogP contribution in [0.2, 0.25) is 0 Å². The Bertz CT molecular complexity index is 1650. The molecule has 6 nitrogen and oxygen atoms in total. The van der Waals surface area contributed by atoms with Crippen molar-refractivity contribution in [3.63, 3.8) is 0 Å². The van der Waals surface area contributed by atoms with Crippen LogP contribution in [0.5, 0.6) is 11.5 Å². The lowest BCUT2D eigenvalue weighted by Gasteiger charge is -2.61. The second kappa shape index (κ2) is 15.4. The molecule has 0 aromatic heterocycles. The molecule has 2 aromatic carbocycles. The van der Waals surface area contributed by atoms with E-state index in [4.69, 9.17) is 25.7 Å².